The number of nitrogens with zero attached hydrogens (tertiary/aromatic N) is 5. The maximum Gasteiger partial charge on any atom is 0.352 e. The Kier molecular flexibility index (Phi) is 4.61. The third-order valence-electron chi connectivity index (χ3n) is 5.17. The normalized spacial score (nSPS) is 11.6. The van der Waals surface area contributed by atoms with Gasteiger partial charge in [0.05, 0.1) is 11.9 Å². The zero-order valence-electron chi connectivity index (χ0n) is 16.1. The minimum Gasteiger partial charge on any atom is -0.278 e. The van der Waals surface area contributed by atoms with Crippen molar-refractivity contribution in [2.75, 3.05) is 0 Å². The Morgan fingerprint density at radius 1 is 1.07 bits per heavy atom. The monoisotopic (exact) mass is 455 g/mol. The number of benzene rings is 1. The quantitative estimate of drug-likeness (QED) is 0.377. The van der Waals surface area contributed by atoms with Crippen molar-refractivity contribution >= 4 is 50.4 Å². The molecule has 30 heavy (non-hydrogen) atoms. The van der Waals surface area contributed by atoms with Crippen LogP contribution in [0.3, 0.4) is 0 Å². The zero-order valence-corrected chi connectivity index (χ0v) is 18.4. The van der Waals surface area contributed by atoms with Crippen LogP contribution >= 0.6 is 34.5 Å². The van der Waals surface area contributed by atoms with E-state index in [9.17, 15) is 4.79 Å². The van der Waals surface area contributed by atoms with E-state index in [0.717, 1.165) is 26.2 Å². The van der Waals surface area contributed by atoms with E-state index in [-0.39, 0.29) is 12.2 Å². The molecule has 9 heteroatoms. The van der Waals surface area contributed by atoms with Crippen molar-refractivity contribution in [3.8, 4) is 11.4 Å². The van der Waals surface area contributed by atoms with Crippen LogP contribution in [0, 0.1) is 13.8 Å². The SMILES string of the molecule is Cc1sc2c(c1C)c1nc(-c3ccncc3)nn1c(=O)n2Cc1c(Cl)cccc1Cl. The molecular formula is C21H15Cl2N5OS. The van der Waals surface area contributed by atoms with Gasteiger partial charge < -0.3 is 0 Å². The molecule has 0 saturated heterocycles. The lowest BCUT2D eigenvalue weighted by molar-refractivity contribution is 0.720. The molecule has 5 aromatic rings. The van der Waals surface area contributed by atoms with Crippen molar-refractivity contribution < 1.29 is 0 Å². The number of thiophene rings is 1. The van der Waals surface area contributed by atoms with Crippen LogP contribution in [0.1, 0.15) is 16.0 Å². The number of aromatic nitrogens is 5. The summed E-state index contributed by atoms with van der Waals surface area (Å²) in [5, 5.41) is 6.46. The predicted molar refractivity (Wildman–Crippen MR) is 121 cm³/mol. The smallest absolute Gasteiger partial charge is 0.278 e. The molecule has 150 valence electrons. The number of aryl methyl sites for hydroxylation is 2. The number of fused-ring (bicyclic) bond motifs is 3. The molecule has 4 heterocycles. The Labute approximate surface area is 185 Å². The Morgan fingerprint density at radius 2 is 1.77 bits per heavy atom. The summed E-state index contributed by atoms with van der Waals surface area (Å²) in [5.74, 6) is 0.479. The predicted octanol–water partition coefficient (Wildman–Crippen LogP) is 5.14. The van der Waals surface area contributed by atoms with Crippen molar-refractivity contribution in [2.24, 2.45) is 0 Å². The Hall–Kier alpha value is -2.74. The van der Waals surface area contributed by atoms with Crippen molar-refractivity contribution in [1.29, 1.82) is 0 Å². The fraction of sp³-hybridized carbons (Fsp3) is 0.143. The highest BCUT2D eigenvalue weighted by atomic mass is 35.5. The van der Waals surface area contributed by atoms with E-state index in [1.54, 1.807) is 46.5 Å². The second kappa shape index (κ2) is 7.19. The van der Waals surface area contributed by atoms with E-state index in [1.165, 1.54) is 4.52 Å². The van der Waals surface area contributed by atoms with Gasteiger partial charge in [0.15, 0.2) is 11.5 Å². The summed E-state index contributed by atoms with van der Waals surface area (Å²) in [5.41, 5.74) is 2.83. The molecule has 6 nitrogen and oxygen atoms in total. The van der Waals surface area contributed by atoms with Gasteiger partial charge in [-0.15, -0.1) is 16.4 Å². The third kappa shape index (κ3) is 2.93. The molecule has 0 unspecified atom stereocenters. The maximum atomic E-state index is 13.5. The van der Waals surface area contributed by atoms with Gasteiger partial charge in [-0.2, -0.15) is 4.52 Å². The van der Waals surface area contributed by atoms with Gasteiger partial charge in [0.25, 0.3) is 0 Å². The lowest BCUT2D eigenvalue weighted by atomic mass is 10.2. The van der Waals surface area contributed by atoms with E-state index in [0.29, 0.717) is 27.1 Å². The fourth-order valence-corrected chi connectivity index (χ4v) is 5.14. The van der Waals surface area contributed by atoms with Crippen LogP contribution in [0.2, 0.25) is 10.0 Å². The molecule has 0 aliphatic heterocycles. The van der Waals surface area contributed by atoms with E-state index in [4.69, 9.17) is 28.2 Å². The molecule has 0 bridgehead atoms. The van der Waals surface area contributed by atoms with Gasteiger partial charge in [-0.25, -0.2) is 9.78 Å². The highest BCUT2D eigenvalue weighted by Crippen LogP contribution is 2.34. The zero-order chi connectivity index (χ0) is 21.0. The molecule has 0 radical (unpaired) electrons. The highest BCUT2D eigenvalue weighted by Gasteiger charge is 2.21. The topological polar surface area (TPSA) is 65.1 Å². The highest BCUT2D eigenvalue weighted by molar-refractivity contribution is 7.19. The third-order valence-corrected chi connectivity index (χ3v) is 7.11. The Balaban J connectivity index is 1.84. The summed E-state index contributed by atoms with van der Waals surface area (Å²) in [6.07, 6.45) is 3.35. The van der Waals surface area contributed by atoms with Crippen molar-refractivity contribution in [1.82, 2.24) is 24.1 Å². The summed E-state index contributed by atoms with van der Waals surface area (Å²) in [7, 11) is 0. The number of halogens is 2. The van der Waals surface area contributed by atoms with Gasteiger partial charge in [0.2, 0.25) is 0 Å². The summed E-state index contributed by atoms with van der Waals surface area (Å²) < 4.78 is 3.03. The molecule has 0 aliphatic carbocycles. The van der Waals surface area contributed by atoms with Crippen LogP contribution in [0.15, 0.2) is 47.5 Å². The number of pyridine rings is 1. The molecule has 4 aromatic heterocycles. The fourth-order valence-electron chi connectivity index (χ4n) is 3.48. The van der Waals surface area contributed by atoms with Gasteiger partial charge >= 0.3 is 5.69 Å². The molecular weight excluding hydrogens is 441 g/mol. The van der Waals surface area contributed by atoms with Gasteiger partial charge in [0.1, 0.15) is 4.83 Å². The van der Waals surface area contributed by atoms with E-state index < -0.39 is 0 Å². The summed E-state index contributed by atoms with van der Waals surface area (Å²) in [6, 6.07) is 8.96. The lowest BCUT2D eigenvalue weighted by Gasteiger charge is -2.11. The van der Waals surface area contributed by atoms with E-state index in [2.05, 4.69) is 10.1 Å². The number of rotatable bonds is 3. The van der Waals surface area contributed by atoms with Crippen LogP contribution < -0.4 is 5.69 Å². The number of hydrogen-bond donors (Lipinski definition) is 0. The Bertz CT molecular complexity index is 1470. The van der Waals surface area contributed by atoms with E-state index in [1.807, 2.05) is 26.0 Å². The molecule has 0 saturated carbocycles. The van der Waals surface area contributed by atoms with Crippen LogP contribution in [-0.4, -0.2) is 24.1 Å². The average molecular weight is 456 g/mol. The second-order valence-corrected chi connectivity index (χ2v) is 8.96. The first kappa shape index (κ1) is 19.2. The largest absolute Gasteiger partial charge is 0.352 e. The minimum atomic E-state index is -0.289. The van der Waals surface area contributed by atoms with Gasteiger partial charge in [-0.3, -0.25) is 9.55 Å². The van der Waals surface area contributed by atoms with Gasteiger partial charge in [-0.05, 0) is 43.7 Å². The van der Waals surface area contributed by atoms with Crippen LogP contribution in [-0.2, 0) is 6.54 Å². The number of hydrogen-bond acceptors (Lipinski definition) is 5. The first-order valence-corrected chi connectivity index (χ1v) is 10.8. The summed E-state index contributed by atoms with van der Waals surface area (Å²) in [4.78, 5) is 24.1. The lowest BCUT2D eigenvalue weighted by Crippen LogP contribution is -2.28. The molecule has 0 spiro atoms. The molecule has 0 fully saturated rings. The van der Waals surface area contributed by atoms with Gasteiger partial charge in [0, 0.05) is 38.4 Å². The van der Waals surface area contributed by atoms with Crippen LogP contribution in [0.25, 0.3) is 27.3 Å². The standard InChI is InChI=1S/C21H15Cl2N5OS/c1-11-12(2)30-20-17(11)19-25-18(13-6-8-24-9-7-13)26-28(19)21(29)27(20)10-14-15(22)4-3-5-16(14)23/h3-9H,10H2,1-2H3. The molecule has 0 amide bonds. The van der Waals surface area contributed by atoms with Crippen LogP contribution in [0.5, 0.6) is 0 Å². The average Bonchev–Trinajstić information content (AvgIpc) is 3.30. The van der Waals surface area contributed by atoms with E-state index >= 15 is 0 Å². The Morgan fingerprint density at radius 3 is 2.47 bits per heavy atom. The van der Waals surface area contributed by atoms with Crippen LogP contribution in [0.4, 0.5) is 0 Å². The molecule has 0 aliphatic rings. The molecule has 0 atom stereocenters. The molecule has 1 aromatic carbocycles. The van der Waals surface area contributed by atoms with Crippen molar-refractivity contribution in [3.63, 3.8) is 0 Å². The molecule has 5 rings (SSSR count). The first-order valence-electron chi connectivity index (χ1n) is 9.18. The first-order chi connectivity index (χ1) is 14.5. The second-order valence-electron chi connectivity index (χ2n) is 6.94. The minimum absolute atomic E-state index is 0.244. The summed E-state index contributed by atoms with van der Waals surface area (Å²) in [6.45, 7) is 4.31. The van der Waals surface area contributed by atoms with Crippen molar-refractivity contribution in [3.05, 3.63) is 79.3 Å². The summed E-state index contributed by atoms with van der Waals surface area (Å²) >= 11 is 14.3. The molecule has 0 N–H and O–H groups in total. The van der Waals surface area contributed by atoms with Gasteiger partial charge in [-0.1, -0.05) is 29.3 Å². The maximum absolute atomic E-state index is 13.5. The van der Waals surface area contributed by atoms with Crippen molar-refractivity contribution in [2.45, 2.75) is 20.4 Å².